The Kier molecular flexibility index (Phi) is 5.15. The molecule has 0 aliphatic rings. The van der Waals surface area contributed by atoms with Crippen molar-refractivity contribution in [2.75, 3.05) is 20.3 Å². The van der Waals surface area contributed by atoms with Crippen LogP contribution in [0.3, 0.4) is 0 Å². The molecule has 0 spiro atoms. The summed E-state index contributed by atoms with van der Waals surface area (Å²) in [5.41, 5.74) is 0.132. The highest BCUT2D eigenvalue weighted by Crippen LogP contribution is 2.14. The molecular weight excluding hydrogens is 296 g/mol. The topological polar surface area (TPSA) is 92.7 Å². The van der Waals surface area contributed by atoms with Crippen LogP contribution < -0.4 is 4.72 Å². The molecule has 1 rings (SSSR count). The van der Waals surface area contributed by atoms with Crippen molar-refractivity contribution in [2.45, 2.75) is 10.8 Å². The van der Waals surface area contributed by atoms with Crippen LogP contribution in [-0.2, 0) is 14.8 Å². The number of aliphatic hydroxyl groups excluding tert-OH is 1. The van der Waals surface area contributed by atoms with E-state index in [-0.39, 0.29) is 10.5 Å². The Hall–Kier alpha value is -1.58. The summed E-state index contributed by atoms with van der Waals surface area (Å²) in [7, 11) is -2.97. The van der Waals surface area contributed by atoms with Gasteiger partial charge in [0.1, 0.15) is 6.61 Å². The summed E-state index contributed by atoms with van der Waals surface area (Å²) < 4.78 is 55.1. The second-order valence-corrected chi connectivity index (χ2v) is 5.62. The molecule has 2 N–H and O–H groups in total. The minimum absolute atomic E-state index is 0.132. The normalized spacial score (nSPS) is 12.2. The van der Waals surface area contributed by atoms with Crippen molar-refractivity contribution < 1.29 is 31.8 Å². The van der Waals surface area contributed by atoms with Crippen LogP contribution in [0.1, 0.15) is 10.4 Å². The van der Waals surface area contributed by atoms with Gasteiger partial charge in [0.2, 0.25) is 10.0 Å². The van der Waals surface area contributed by atoms with Crippen molar-refractivity contribution >= 4 is 16.0 Å². The zero-order chi connectivity index (χ0) is 15.4. The van der Waals surface area contributed by atoms with E-state index in [1.807, 2.05) is 0 Å². The first kappa shape index (κ1) is 16.5. The van der Waals surface area contributed by atoms with Gasteiger partial charge in [-0.25, -0.2) is 26.7 Å². The summed E-state index contributed by atoms with van der Waals surface area (Å²) in [6.07, 6.45) is 0. The van der Waals surface area contributed by atoms with Crippen LogP contribution in [-0.4, -0.2) is 45.7 Å². The highest BCUT2D eigenvalue weighted by Gasteiger charge is 2.30. The molecule has 1 aromatic carbocycles. The van der Waals surface area contributed by atoms with Gasteiger partial charge in [0.15, 0.2) is 0 Å². The fourth-order valence-corrected chi connectivity index (χ4v) is 2.29. The minimum Gasteiger partial charge on any atom is -0.465 e. The number of carbonyl (C=O) groups is 1. The van der Waals surface area contributed by atoms with Gasteiger partial charge < -0.3 is 9.84 Å². The molecule has 112 valence electrons. The predicted octanol–water partition coefficient (Wildman–Crippen LogP) is 0.379. The van der Waals surface area contributed by atoms with Gasteiger partial charge in [-0.2, -0.15) is 0 Å². The Morgan fingerprint density at radius 2 is 1.90 bits per heavy atom. The predicted molar refractivity (Wildman–Crippen MR) is 65.0 cm³/mol. The van der Waals surface area contributed by atoms with E-state index >= 15 is 0 Å². The molecule has 0 unspecified atom stereocenters. The van der Waals surface area contributed by atoms with Gasteiger partial charge in [-0.05, 0) is 24.3 Å². The number of alkyl halides is 2. The third kappa shape index (κ3) is 4.22. The standard InChI is InChI=1S/C11H13F2NO5S/c1-19-10(16)8-2-4-9(5-3-8)20(17,18)14-6-11(12,13)7-15/h2-5,14-15H,6-7H2,1H3. The number of carbonyl (C=O) groups excluding carboxylic acids is 1. The number of rotatable bonds is 6. The Morgan fingerprint density at radius 1 is 1.35 bits per heavy atom. The quantitative estimate of drug-likeness (QED) is 0.741. The lowest BCUT2D eigenvalue weighted by molar-refractivity contribution is -0.0437. The molecule has 9 heteroatoms. The van der Waals surface area contributed by atoms with Crippen molar-refractivity contribution in [1.29, 1.82) is 0 Å². The number of esters is 1. The molecule has 0 atom stereocenters. The summed E-state index contributed by atoms with van der Waals surface area (Å²) >= 11 is 0. The van der Waals surface area contributed by atoms with E-state index in [1.165, 1.54) is 19.2 Å². The van der Waals surface area contributed by atoms with Crippen molar-refractivity contribution in [1.82, 2.24) is 4.72 Å². The van der Waals surface area contributed by atoms with Gasteiger partial charge >= 0.3 is 5.97 Å². The summed E-state index contributed by atoms with van der Waals surface area (Å²) in [6.45, 7) is -2.68. The zero-order valence-corrected chi connectivity index (χ0v) is 11.3. The van der Waals surface area contributed by atoms with Crippen molar-refractivity contribution in [3.8, 4) is 0 Å². The molecule has 0 radical (unpaired) electrons. The van der Waals surface area contributed by atoms with E-state index in [1.54, 1.807) is 4.72 Å². The van der Waals surface area contributed by atoms with E-state index in [9.17, 15) is 22.0 Å². The molecule has 0 saturated carbocycles. The molecule has 0 fully saturated rings. The minimum atomic E-state index is -4.15. The molecule has 0 aliphatic heterocycles. The highest BCUT2D eigenvalue weighted by atomic mass is 32.2. The maximum absolute atomic E-state index is 12.8. The van der Waals surface area contributed by atoms with Crippen LogP contribution in [0.4, 0.5) is 8.78 Å². The second kappa shape index (κ2) is 6.25. The average Bonchev–Trinajstić information content (AvgIpc) is 2.45. The van der Waals surface area contributed by atoms with E-state index in [2.05, 4.69) is 4.74 Å². The SMILES string of the molecule is COC(=O)c1ccc(S(=O)(=O)NCC(F)(F)CO)cc1. The summed E-state index contributed by atoms with van der Waals surface area (Å²) in [5.74, 6) is -4.19. The van der Waals surface area contributed by atoms with Crippen LogP contribution >= 0.6 is 0 Å². The van der Waals surface area contributed by atoms with E-state index < -0.39 is 35.1 Å². The van der Waals surface area contributed by atoms with Gasteiger partial charge in [-0.1, -0.05) is 0 Å². The second-order valence-electron chi connectivity index (χ2n) is 3.85. The van der Waals surface area contributed by atoms with Crippen LogP contribution in [0.5, 0.6) is 0 Å². The van der Waals surface area contributed by atoms with Gasteiger partial charge in [0, 0.05) is 0 Å². The Morgan fingerprint density at radius 3 is 2.35 bits per heavy atom. The maximum atomic E-state index is 12.8. The molecular formula is C11H13F2NO5S. The number of benzene rings is 1. The number of hydrogen-bond acceptors (Lipinski definition) is 5. The fraction of sp³-hybridized carbons (Fsp3) is 0.364. The molecule has 0 amide bonds. The van der Waals surface area contributed by atoms with Crippen molar-refractivity contribution in [3.63, 3.8) is 0 Å². The van der Waals surface area contributed by atoms with Gasteiger partial charge in [-0.3, -0.25) is 0 Å². The first-order valence-corrected chi connectivity index (χ1v) is 6.87. The van der Waals surface area contributed by atoms with E-state index in [0.29, 0.717) is 0 Å². The lowest BCUT2D eigenvalue weighted by Gasteiger charge is -2.14. The highest BCUT2D eigenvalue weighted by molar-refractivity contribution is 7.89. The number of nitrogens with one attached hydrogen (secondary N) is 1. The third-order valence-electron chi connectivity index (χ3n) is 2.34. The van der Waals surface area contributed by atoms with Gasteiger partial charge in [0.25, 0.3) is 5.92 Å². The van der Waals surface area contributed by atoms with E-state index in [0.717, 1.165) is 12.1 Å². The number of hydrogen-bond donors (Lipinski definition) is 2. The summed E-state index contributed by atoms with van der Waals surface area (Å²) in [5, 5.41) is 8.35. The fourth-order valence-electron chi connectivity index (χ4n) is 1.23. The van der Waals surface area contributed by atoms with Crippen LogP contribution in [0.15, 0.2) is 29.2 Å². The molecule has 1 aromatic rings. The molecule has 0 aromatic heterocycles. The Bertz CT molecular complexity index is 571. The molecule has 0 bridgehead atoms. The molecule has 20 heavy (non-hydrogen) atoms. The number of methoxy groups -OCH3 is 1. The third-order valence-corrected chi connectivity index (χ3v) is 3.76. The Labute approximate surface area is 114 Å². The first-order chi connectivity index (χ1) is 9.22. The molecule has 6 nitrogen and oxygen atoms in total. The first-order valence-electron chi connectivity index (χ1n) is 5.38. The summed E-state index contributed by atoms with van der Waals surface area (Å²) in [6, 6.07) is 4.58. The smallest absolute Gasteiger partial charge is 0.337 e. The lowest BCUT2D eigenvalue weighted by Crippen LogP contribution is -2.38. The molecule has 0 saturated heterocycles. The van der Waals surface area contributed by atoms with Crippen molar-refractivity contribution in [3.05, 3.63) is 29.8 Å². The zero-order valence-electron chi connectivity index (χ0n) is 10.5. The van der Waals surface area contributed by atoms with Gasteiger partial charge in [0.05, 0.1) is 24.1 Å². The molecule has 0 aliphatic carbocycles. The number of ether oxygens (including phenoxy) is 1. The van der Waals surface area contributed by atoms with Gasteiger partial charge in [-0.15, -0.1) is 0 Å². The molecule has 0 heterocycles. The average molecular weight is 309 g/mol. The largest absolute Gasteiger partial charge is 0.465 e. The van der Waals surface area contributed by atoms with Crippen LogP contribution in [0.2, 0.25) is 0 Å². The summed E-state index contributed by atoms with van der Waals surface area (Å²) in [4.78, 5) is 10.9. The van der Waals surface area contributed by atoms with E-state index in [4.69, 9.17) is 5.11 Å². The number of halogens is 2. The number of sulfonamides is 1. The maximum Gasteiger partial charge on any atom is 0.337 e. The van der Waals surface area contributed by atoms with Crippen molar-refractivity contribution in [2.24, 2.45) is 0 Å². The van der Waals surface area contributed by atoms with Crippen LogP contribution in [0.25, 0.3) is 0 Å². The van der Waals surface area contributed by atoms with Crippen LogP contribution in [0, 0.1) is 0 Å². The number of aliphatic hydroxyl groups is 1. The monoisotopic (exact) mass is 309 g/mol. The Balaban J connectivity index is 2.86. The lowest BCUT2D eigenvalue weighted by atomic mass is 10.2.